The van der Waals surface area contributed by atoms with Crippen molar-refractivity contribution in [1.82, 2.24) is 5.32 Å². The number of amides is 2. The lowest BCUT2D eigenvalue weighted by Crippen LogP contribution is -2.42. The molecule has 0 aromatic rings. The Hall–Kier alpha value is -2.09. The first-order valence-corrected chi connectivity index (χ1v) is 9.32. The van der Waals surface area contributed by atoms with Gasteiger partial charge in [0, 0.05) is 12.8 Å². The van der Waals surface area contributed by atoms with Crippen molar-refractivity contribution in [3.05, 3.63) is 12.2 Å². The lowest BCUT2D eigenvalue weighted by Gasteiger charge is -2.23. The highest BCUT2D eigenvalue weighted by Gasteiger charge is 2.20. The number of hydrogen-bond donors (Lipinski definition) is 3. The van der Waals surface area contributed by atoms with Gasteiger partial charge in [0.05, 0.1) is 19.3 Å². The van der Waals surface area contributed by atoms with Gasteiger partial charge in [0.2, 0.25) is 5.91 Å². The highest BCUT2D eigenvalue weighted by atomic mass is 16.6. The Labute approximate surface area is 161 Å². The van der Waals surface area contributed by atoms with Gasteiger partial charge in [0.1, 0.15) is 5.60 Å². The summed E-state index contributed by atoms with van der Waals surface area (Å²) >= 11 is 0. The number of carboxylic acids is 1. The van der Waals surface area contributed by atoms with Crippen LogP contribution in [-0.2, 0) is 19.1 Å². The summed E-state index contributed by atoms with van der Waals surface area (Å²) in [5, 5.41) is 11.2. The summed E-state index contributed by atoms with van der Waals surface area (Å²) in [4.78, 5) is 33.2. The fourth-order valence-electron chi connectivity index (χ4n) is 2.17. The molecule has 0 aliphatic heterocycles. The quantitative estimate of drug-likeness (QED) is 0.311. The van der Waals surface area contributed by atoms with Crippen molar-refractivity contribution >= 4 is 18.0 Å². The van der Waals surface area contributed by atoms with Crippen molar-refractivity contribution in [1.29, 1.82) is 0 Å². The predicted molar refractivity (Wildman–Crippen MR) is 102 cm³/mol. The normalized spacial score (nSPS) is 12.7. The first-order valence-electron chi connectivity index (χ1n) is 9.32. The second-order valence-corrected chi connectivity index (χ2v) is 7.35. The van der Waals surface area contributed by atoms with Gasteiger partial charge in [0.25, 0.3) is 0 Å². The van der Waals surface area contributed by atoms with E-state index >= 15 is 0 Å². The van der Waals surface area contributed by atoms with E-state index in [2.05, 4.69) is 5.32 Å². The maximum absolute atomic E-state index is 11.9. The Morgan fingerprint density at radius 1 is 1.11 bits per heavy atom. The van der Waals surface area contributed by atoms with E-state index < -0.39 is 23.6 Å². The first-order chi connectivity index (χ1) is 12.6. The molecule has 1 atom stereocenters. The molecule has 156 valence electrons. The topological polar surface area (TPSA) is 128 Å². The minimum absolute atomic E-state index is 0.149. The van der Waals surface area contributed by atoms with Crippen LogP contribution in [0.1, 0.15) is 65.7 Å². The number of unbranched alkanes of at least 4 members (excludes halogenated alkanes) is 3. The van der Waals surface area contributed by atoms with Crippen LogP contribution in [-0.4, -0.2) is 47.9 Å². The summed E-state index contributed by atoms with van der Waals surface area (Å²) in [7, 11) is 0. The van der Waals surface area contributed by atoms with Crippen LogP contribution in [0.4, 0.5) is 4.79 Å². The monoisotopic (exact) mass is 386 g/mol. The van der Waals surface area contributed by atoms with E-state index in [0.29, 0.717) is 19.4 Å². The van der Waals surface area contributed by atoms with Gasteiger partial charge >= 0.3 is 12.1 Å². The molecule has 0 aromatic heterocycles. The number of carbonyl (C=O) groups is 3. The number of rotatable bonds is 14. The van der Waals surface area contributed by atoms with E-state index in [1.54, 1.807) is 20.8 Å². The Morgan fingerprint density at radius 3 is 2.41 bits per heavy atom. The number of nitrogens with two attached hydrogens (primary N) is 1. The van der Waals surface area contributed by atoms with Crippen LogP contribution in [0.25, 0.3) is 0 Å². The third-order valence-electron chi connectivity index (χ3n) is 3.42. The van der Waals surface area contributed by atoms with E-state index in [4.69, 9.17) is 20.3 Å². The number of carboxylic acid groups (broad SMARTS) is 1. The standard InChI is InChI=1S/C19H34N2O6/c1-19(2,3)27-18(25)21-15(11-12-16(20)22)14-26-13-9-7-5-4-6-8-10-17(23)24/h7,9,15H,4-6,8,10-14H2,1-3H3,(H2,20,22)(H,21,25)(H,23,24)/b9-7-/t15-/m0/s1. The summed E-state index contributed by atoms with van der Waals surface area (Å²) < 4.78 is 10.7. The maximum Gasteiger partial charge on any atom is 0.407 e. The smallest absolute Gasteiger partial charge is 0.407 e. The molecule has 0 rings (SSSR count). The summed E-state index contributed by atoms with van der Waals surface area (Å²) in [6, 6.07) is -0.364. The summed E-state index contributed by atoms with van der Waals surface area (Å²) in [5.74, 6) is -1.20. The summed E-state index contributed by atoms with van der Waals surface area (Å²) in [6.45, 7) is 5.95. The lowest BCUT2D eigenvalue weighted by atomic mass is 10.1. The average Bonchev–Trinajstić information content (AvgIpc) is 2.51. The molecule has 0 aliphatic rings. The van der Waals surface area contributed by atoms with Crippen LogP contribution < -0.4 is 11.1 Å². The Kier molecular flexibility index (Phi) is 12.9. The van der Waals surface area contributed by atoms with Gasteiger partial charge < -0.3 is 25.6 Å². The van der Waals surface area contributed by atoms with Crippen molar-refractivity contribution in [3.63, 3.8) is 0 Å². The third-order valence-corrected chi connectivity index (χ3v) is 3.42. The number of primary amides is 1. The van der Waals surface area contributed by atoms with Gasteiger partial charge in [-0.25, -0.2) is 4.79 Å². The van der Waals surface area contributed by atoms with Crippen LogP contribution in [0.15, 0.2) is 12.2 Å². The van der Waals surface area contributed by atoms with E-state index in [1.807, 2.05) is 12.2 Å². The van der Waals surface area contributed by atoms with Crippen LogP contribution in [0, 0.1) is 0 Å². The Bertz CT molecular complexity index is 485. The molecule has 8 heteroatoms. The minimum atomic E-state index is -0.759. The van der Waals surface area contributed by atoms with Gasteiger partial charge in [0.15, 0.2) is 0 Å². The van der Waals surface area contributed by atoms with E-state index in [1.165, 1.54) is 0 Å². The maximum atomic E-state index is 11.9. The number of aliphatic carboxylic acids is 1. The third kappa shape index (κ3) is 18.5. The lowest BCUT2D eigenvalue weighted by molar-refractivity contribution is -0.137. The second kappa shape index (κ2) is 14.0. The van der Waals surface area contributed by atoms with Crippen molar-refractivity contribution in [2.24, 2.45) is 5.73 Å². The minimum Gasteiger partial charge on any atom is -0.481 e. The highest BCUT2D eigenvalue weighted by molar-refractivity contribution is 5.74. The molecule has 0 aromatic carbocycles. The highest BCUT2D eigenvalue weighted by Crippen LogP contribution is 2.08. The number of alkyl carbamates (subject to hydrolysis) is 1. The number of allylic oxidation sites excluding steroid dienone is 1. The number of hydrogen-bond acceptors (Lipinski definition) is 5. The molecule has 0 unspecified atom stereocenters. The van der Waals surface area contributed by atoms with Gasteiger partial charge in [-0.2, -0.15) is 0 Å². The van der Waals surface area contributed by atoms with Crippen LogP contribution in [0.3, 0.4) is 0 Å². The zero-order chi connectivity index (χ0) is 20.7. The van der Waals surface area contributed by atoms with Crippen molar-refractivity contribution in [2.75, 3.05) is 13.2 Å². The molecule has 0 spiro atoms. The molecule has 0 heterocycles. The summed E-state index contributed by atoms with van der Waals surface area (Å²) in [5.41, 5.74) is 4.56. The zero-order valence-corrected chi connectivity index (χ0v) is 16.7. The van der Waals surface area contributed by atoms with Gasteiger partial charge in [-0.1, -0.05) is 18.6 Å². The van der Waals surface area contributed by atoms with Gasteiger partial charge in [-0.3, -0.25) is 9.59 Å². The molecule has 0 saturated carbocycles. The second-order valence-electron chi connectivity index (χ2n) is 7.35. The van der Waals surface area contributed by atoms with Crippen LogP contribution in [0.2, 0.25) is 0 Å². The molecule has 27 heavy (non-hydrogen) atoms. The predicted octanol–water partition coefficient (Wildman–Crippen LogP) is 2.75. The molecular weight excluding hydrogens is 352 g/mol. The molecule has 0 bridgehead atoms. The molecular formula is C19H34N2O6. The fourth-order valence-corrected chi connectivity index (χ4v) is 2.17. The molecule has 2 amide bonds. The van der Waals surface area contributed by atoms with E-state index in [9.17, 15) is 14.4 Å². The summed E-state index contributed by atoms with van der Waals surface area (Å²) in [6.07, 6.45) is 7.43. The fraction of sp³-hybridized carbons (Fsp3) is 0.737. The molecule has 4 N–H and O–H groups in total. The number of nitrogens with one attached hydrogen (secondary N) is 1. The van der Waals surface area contributed by atoms with Crippen molar-refractivity contribution in [3.8, 4) is 0 Å². The largest absolute Gasteiger partial charge is 0.481 e. The van der Waals surface area contributed by atoms with E-state index in [0.717, 1.165) is 19.3 Å². The van der Waals surface area contributed by atoms with Crippen molar-refractivity contribution < 1.29 is 29.0 Å². The Balaban J connectivity index is 4.06. The molecule has 0 aliphatic carbocycles. The SMILES string of the molecule is CC(C)(C)OC(=O)N[C@@H](CCC(N)=O)COC/C=C\CCCCCC(=O)O. The van der Waals surface area contributed by atoms with Crippen molar-refractivity contribution in [2.45, 2.75) is 77.4 Å². The molecule has 8 nitrogen and oxygen atoms in total. The average molecular weight is 386 g/mol. The number of ether oxygens (including phenoxy) is 2. The molecule has 0 radical (unpaired) electrons. The zero-order valence-electron chi connectivity index (χ0n) is 16.7. The first kappa shape index (κ1) is 24.9. The van der Waals surface area contributed by atoms with Gasteiger partial charge in [-0.05, 0) is 46.5 Å². The Morgan fingerprint density at radius 2 is 1.81 bits per heavy atom. The number of carbonyl (C=O) groups excluding carboxylic acids is 2. The molecule has 0 fully saturated rings. The van der Waals surface area contributed by atoms with Gasteiger partial charge in [-0.15, -0.1) is 0 Å². The van der Waals surface area contributed by atoms with E-state index in [-0.39, 0.29) is 25.5 Å². The molecule has 0 saturated heterocycles. The van der Waals surface area contributed by atoms with Crippen LogP contribution >= 0.6 is 0 Å². The van der Waals surface area contributed by atoms with Crippen LogP contribution in [0.5, 0.6) is 0 Å².